The smallest absolute Gasteiger partial charge is 0.278 e. The summed E-state index contributed by atoms with van der Waals surface area (Å²) in [6, 6.07) is 5.39. The normalized spacial score (nSPS) is 10.7. The van der Waals surface area contributed by atoms with Crippen molar-refractivity contribution in [3.05, 3.63) is 34.8 Å². The lowest BCUT2D eigenvalue weighted by Crippen LogP contribution is -2.04. The third-order valence-electron chi connectivity index (χ3n) is 2.09. The van der Waals surface area contributed by atoms with E-state index in [1.165, 1.54) is 11.3 Å². The molecule has 0 unspecified atom stereocenters. The molecule has 0 aliphatic heterocycles. The van der Waals surface area contributed by atoms with E-state index >= 15 is 0 Å². The van der Waals surface area contributed by atoms with Crippen molar-refractivity contribution in [1.29, 1.82) is 0 Å². The molecule has 1 aromatic carbocycles. The highest BCUT2D eigenvalue weighted by molar-refractivity contribution is 7.11. The SMILES string of the molecule is CC(C)COc1ccc(Oc2nccs2)c(Cl)c1. The van der Waals surface area contributed by atoms with Crippen molar-refractivity contribution in [2.24, 2.45) is 5.92 Å². The molecule has 0 bridgehead atoms. The summed E-state index contributed by atoms with van der Waals surface area (Å²) < 4.78 is 11.1. The molecule has 1 aromatic heterocycles. The van der Waals surface area contributed by atoms with Crippen LogP contribution in [0.15, 0.2) is 29.8 Å². The predicted octanol–water partition coefficient (Wildman–Crippen LogP) is 4.62. The molecule has 2 aromatic rings. The van der Waals surface area contributed by atoms with Gasteiger partial charge in [0.15, 0.2) is 0 Å². The van der Waals surface area contributed by atoms with Gasteiger partial charge in [-0.05, 0) is 18.1 Å². The lowest BCUT2D eigenvalue weighted by molar-refractivity contribution is 0.271. The molecule has 0 N–H and O–H groups in total. The minimum absolute atomic E-state index is 0.482. The summed E-state index contributed by atoms with van der Waals surface area (Å²) in [4.78, 5) is 4.04. The van der Waals surface area contributed by atoms with Crippen LogP contribution in [-0.4, -0.2) is 11.6 Å². The fraction of sp³-hybridized carbons (Fsp3) is 0.308. The molecule has 0 fully saturated rings. The highest BCUT2D eigenvalue weighted by atomic mass is 35.5. The molecule has 1 heterocycles. The minimum Gasteiger partial charge on any atom is -0.493 e. The van der Waals surface area contributed by atoms with Crippen LogP contribution in [0.25, 0.3) is 0 Å². The number of rotatable bonds is 5. The zero-order valence-corrected chi connectivity index (χ0v) is 11.8. The van der Waals surface area contributed by atoms with Crippen molar-refractivity contribution >= 4 is 22.9 Å². The first kappa shape index (κ1) is 13.2. The molecule has 0 spiro atoms. The maximum atomic E-state index is 6.13. The fourth-order valence-corrected chi connectivity index (χ4v) is 1.98. The lowest BCUT2D eigenvalue weighted by atomic mass is 10.2. The van der Waals surface area contributed by atoms with Crippen LogP contribution in [0.2, 0.25) is 5.02 Å². The van der Waals surface area contributed by atoms with Crippen LogP contribution in [0.4, 0.5) is 0 Å². The van der Waals surface area contributed by atoms with Gasteiger partial charge in [-0.3, -0.25) is 0 Å². The van der Waals surface area contributed by atoms with Gasteiger partial charge in [-0.25, -0.2) is 4.98 Å². The fourth-order valence-electron chi connectivity index (χ4n) is 1.27. The first-order valence-electron chi connectivity index (χ1n) is 5.65. The largest absolute Gasteiger partial charge is 0.493 e. The van der Waals surface area contributed by atoms with Gasteiger partial charge in [0, 0.05) is 17.6 Å². The molecular weight excluding hydrogens is 270 g/mol. The standard InChI is InChI=1S/C13H14ClNO2S/c1-9(2)8-16-10-3-4-12(11(14)7-10)17-13-15-5-6-18-13/h3-7,9H,8H2,1-2H3. The zero-order valence-electron chi connectivity index (χ0n) is 10.2. The monoisotopic (exact) mass is 283 g/mol. The maximum Gasteiger partial charge on any atom is 0.278 e. The Labute approximate surface area is 115 Å². The van der Waals surface area contributed by atoms with Gasteiger partial charge in [-0.1, -0.05) is 36.8 Å². The summed E-state index contributed by atoms with van der Waals surface area (Å²) in [7, 11) is 0. The van der Waals surface area contributed by atoms with Gasteiger partial charge in [0.05, 0.1) is 11.6 Å². The second kappa shape index (κ2) is 6.07. The van der Waals surface area contributed by atoms with E-state index in [1.54, 1.807) is 18.3 Å². The van der Waals surface area contributed by atoms with Crippen LogP contribution in [-0.2, 0) is 0 Å². The quantitative estimate of drug-likeness (QED) is 0.802. The molecule has 96 valence electrons. The van der Waals surface area contributed by atoms with Gasteiger partial charge >= 0.3 is 0 Å². The molecule has 2 rings (SSSR count). The number of ether oxygens (including phenoxy) is 2. The van der Waals surface area contributed by atoms with Crippen LogP contribution in [0.5, 0.6) is 16.7 Å². The lowest BCUT2D eigenvalue weighted by Gasteiger charge is -2.10. The van der Waals surface area contributed by atoms with Crippen molar-refractivity contribution < 1.29 is 9.47 Å². The van der Waals surface area contributed by atoms with Gasteiger partial charge in [0.25, 0.3) is 5.19 Å². The Bertz CT molecular complexity index is 500. The maximum absolute atomic E-state index is 6.13. The Morgan fingerprint density at radius 3 is 2.83 bits per heavy atom. The molecule has 0 radical (unpaired) electrons. The number of benzene rings is 1. The van der Waals surface area contributed by atoms with Gasteiger partial charge in [0.1, 0.15) is 11.5 Å². The summed E-state index contributed by atoms with van der Waals surface area (Å²) in [5.41, 5.74) is 0. The molecule has 0 saturated heterocycles. The van der Waals surface area contributed by atoms with E-state index < -0.39 is 0 Å². The Kier molecular flexibility index (Phi) is 4.44. The number of hydrogen-bond donors (Lipinski definition) is 0. The van der Waals surface area contributed by atoms with E-state index in [0.717, 1.165) is 5.75 Å². The minimum atomic E-state index is 0.482. The molecule has 0 aliphatic carbocycles. The summed E-state index contributed by atoms with van der Waals surface area (Å²) in [5, 5.41) is 2.95. The van der Waals surface area contributed by atoms with Crippen molar-refractivity contribution in [3.8, 4) is 16.7 Å². The number of hydrogen-bond acceptors (Lipinski definition) is 4. The third-order valence-corrected chi connectivity index (χ3v) is 3.04. The number of aromatic nitrogens is 1. The van der Waals surface area contributed by atoms with Crippen molar-refractivity contribution in [2.75, 3.05) is 6.61 Å². The van der Waals surface area contributed by atoms with E-state index in [9.17, 15) is 0 Å². The van der Waals surface area contributed by atoms with Crippen molar-refractivity contribution in [1.82, 2.24) is 4.98 Å². The van der Waals surface area contributed by atoms with Crippen molar-refractivity contribution in [2.45, 2.75) is 13.8 Å². The number of nitrogens with zero attached hydrogens (tertiary/aromatic N) is 1. The summed E-state index contributed by atoms with van der Waals surface area (Å²) in [6.07, 6.45) is 1.69. The van der Waals surface area contributed by atoms with E-state index in [0.29, 0.717) is 28.5 Å². The van der Waals surface area contributed by atoms with Crippen LogP contribution >= 0.6 is 22.9 Å². The molecule has 0 aliphatic rings. The van der Waals surface area contributed by atoms with Gasteiger partial charge in [0.2, 0.25) is 0 Å². The zero-order chi connectivity index (χ0) is 13.0. The molecule has 5 heteroatoms. The molecule has 0 amide bonds. The van der Waals surface area contributed by atoms with Crippen molar-refractivity contribution in [3.63, 3.8) is 0 Å². The average molecular weight is 284 g/mol. The third kappa shape index (κ3) is 3.62. The van der Waals surface area contributed by atoms with Crippen LogP contribution in [0.1, 0.15) is 13.8 Å². The van der Waals surface area contributed by atoms with Gasteiger partial charge in [-0.2, -0.15) is 0 Å². The first-order chi connectivity index (χ1) is 8.65. The Hall–Kier alpha value is -1.26. The molecule has 18 heavy (non-hydrogen) atoms. The summed E-state index contributed by atoms with van der Waals surface area (Å²) in [6.45, 7) is 4.87. The second-order valence-electron chi connectivity index (χ2n) is 4.20. The molecule has 0 atom stereocenters. The summed E-state index contributed by atoms with van der Waals surface area (Å²) in [5.74, 6) is 1.82. The van der Waals surface area contributed by atoms with E-state index in [-0.39, 0.29) is 0 Å². The second-order valence-corrected chi connectivity index (χ2v) is 5.46. The van der Waals surface area contributed by atoms with Crippen LogP contribution in [0, 0.1) is 5.92 Å². The molecular formula is C13H14ClNO2S. The van der Waals surface area contributed by atoms with Crippen LogP contribution < -0.4 is 9.47 Å². The Morgan fingerprint density at radius 2 is 2.22 bits per heavy atom. The highest BCUT2D eigenvalue weighted by Crippen LogP contribution is 2.33. The first-order valence-corrected chi connectivity index (χ1v) is 6.90. The average Bonchev–Trinajstić information content (AvgIpc) is 2.82. The van der Waals surface area contributed by atoms with E-state index in [4.69, 9.17) is 21.1 Å². The Morgan fingerprint density at radius 1 is 1.39 bits per heavy atom. The van der Waals surface area contributed by atoms with E-state index in [1.807, 2.05) is 11.4 Å². The predicted molar refractivity (Wildman–Crippen MR) is 74.0 cm³/mol. The van der Waals surface area contributed by atoms with Gasteiger partial charge in [-0.15, -0.1) is 0 Å². The van der Waals surface area contributed by atoms with E-state index in [2.05, 4.69) is 18.8 Å². The summed E-state index contributed by atoms with van der Waals surface area (Å²) >= 11 is 7.56. The number of halogens is 1. The Balaban J connectivity index is 2.05. The highest BCUT2D eigenvalue weighted by Gasteiger charge is 2.07. The number of thiazole rings is 1. The van der Waals surface area contributed by atoms with Crippen LogP contribution in [0.3, 0.4) is 0 Å². The van der Waals surface area contributed by atoms with Gasteiger partial charge < -0.3 is 9.47 Å². The molecule has 3 nitrogen and oxygen atoms in total. The molecule has 0 saturated carbocycles. The topological polar surface area (TPSA) is 31.4 Å².